The van der Waals surface area contributed by atoms with Crippen molar-refractivity contribution in [1.29, 1.82) is 0 Å². The van der Waals surface area contributed by atoms with Crippen LogP contribution in [-0.2, 0) is 21.2 Å². The first kappa shape index (κ1) is 17.0. The van der Waals surface area contributed by atoms with E-state index in [4.69, 9.17) is 0 Å². The van der Waals surface area contributed by atoms with Gasteiger partial charge in [0.1, 0.15) is 0 Å². The summed E-state index contributed by atoms with van der Waals surface area (Å²) in [7, 11) is -1.13. The van der Waals surface area contributed by atoms with Crippen LogP contribution in [0.3, 0.4) is 0 Å². The van der Waals surface area contributed by atoms with Gasteiger partial charge in [-0.15, -0.1) is 0 Å². The number of hydrogen-bond donors (Lipinski definition) is 1. The highest BCUT2D eigenvalue weighted by Crippen LogP contribution is 2.22. The normalized spacial score (nSPS) is 23.6. The van der Waals surface area contributed by atoms with Gasteiger partial charge in [-0.05, 0) is 32.9 Å². The average molecular weight is 324 g/mol. The second kappa shape index (κ2) is 6.38. The molecule has 122 valence electrons. The summed E-state index contributed by atoms with van der Waals surface area (Å²) in [6.07, 6.45) is 0.489. The minimum absolute atomic E-state index is 0.0351. The molecule has 1 aliphatic rings. The summed E-state index contributed by atoms with van der Waals surface area (Å²) in [5.41, 5.74) is 1.73. The SMILES string of the molecule is Cc1ccc(CN(C)CC(=O)N[C@@]2(C)CCS(=O)(=O)C2)cc1. The summed E-state index contributed by atoms with van der Waals surface area (Å²) in [6, 6.07) is 8.20. The fraction of sp³-hybridized carbons (Fsp3) is 0.562. The predicted octanol–water partition coefficient (Wildman–Crippen LogP) is 1.12. The molecule has 1 fully saturated rings. The maximum atomic E-state index is 12.1. The smallest absolute Gasteiger partial charge is 0.234 e. The third-order valence-corrected chi connectivity index (χ3v) is 5.83. The van der Waals surface area contributed by atoms with E-state index in [-0.39, 0.29) is 24.0 Å². The van der Waals surface area contributed by atoms with Crippen LogP contribution >= 0.6 is 0 Å². The Morgan fingerprint density at radius 2 is 1.95 bits per heavy atom. The third kappa shape index (κ3) is 4.81. The Morgan fingerprint density at radius 1 is 1.32 bits per heavy atom. The number of likely N-dealkylation sites (N-methyl/N-ethyl adjacent to an activating group) is 1. The minimum Gasteiger partial charge on any atom is -0.349 e. The number of rotatable bonds is 5. The molecule has 5 nitrogen and oxygen atoms in total. The van der Waals surface area contributed by atoms with Gasteiger partial charge >= 0.3 is 0 Å². The molecule has 0 saturated carbocycles. The largest absolute Gasteiger partial charge is 0.349 e. The summed E-state index contributed by atoms with van der Waals surface area (Å²) in [5, 5.41) is 2.88. The molecule has 1 aromatic rings. The van der Waals surface area contributed by atoms with Crippen LogP contribution in [-0.4, -0.2) is 49.9 Å². The van der Waals surface area contributed by atoms with Crippen LogP contribution in [0.5, 0.6) is 0 Å². The Kier molecular flexibility index (Phi) is 4.92. The van der Waals surface area contributed by atoms with Crippen molar-refractivity contribution in [3.63, 3.8) is 0 Å². The molecule has 22 heavy (non-hydrogen) atoms. The first-order valence-electron chi connectivity index (χ1n) is 7.43. The van der Waals surface area contributed by atoms with Crippen molar-refractivity contribution in [2.75, 3.05) is 25.1 Å². The van der Waals surface area contributed by atoms with Crippen molar-refractivity contribution in [2.45, 2.75) is 32.4 Å². The Balaban J connectivity index is 1.85. The van der Waals surface area contributed by atoms with Gasteiger partial charge in [0, 0.05) is 6.54 Å². The summed E-state index contributed by atoms with van der Waals surface area (Å²) >= 11 is 0. The maximum Gasteiger partial charge on any atom is 0.234 e. The number of sulfone groups is 1. The lowest BCUT2D eigenvalue weighted by Gasteiger charge is -2.25. The molecule has 0 aromatic heterocycles. The van der Waals surface area contributed by atoms with Crippen LogP contribution in [0.15, 0.2) is 24.3 Å². The number of carbonyl (C=O) groups is 1. The van der Waals surface area contributed by atoms with Crippen LogP contribution in [0.2, 0.25) is 0 Å². The number of hydrogen-bond acceptors (Lipinski definition) is 4. The molecule has 6 heteroatoms. The lowest BCUT2D eigenvalue weighted by molar-refractivity contribution is -0.123. The molecular formula is C16H24N2O3S. The van der Waals surface area contributed by atoms with Gasteiger partial charge in [-0.3, -0.25) is 9.69 Å². The van der Waals surface area contributed by atoms with E-state index in [9.17, 15) is 13.2 Å². The lowest BCUT2D eigenvalue weighted by atomic mass is 10.0. The quantitative estimate of drug-likeness (QED) is 0.881. The van der Waals surface area contributed by atoms with E-state index < -0.39 is 15.4 Å². The van der Waals surface area contributed by atoms with Gasteiger partial charge in [0.15, 0.2) is 9.84 Å². The summed E-state index contributed by atoms with van der Waals surface area (Å²) < 4.78 is 23.1. The third-order valence-electron chi connectivity index (χ3n) is 3.93. The molecule has 1 atom stereocenters. The summed E-state index contributed by atoms with van der Waals surface area (Å²) in [6.45, 7) is 4.78. The Hall–Kier alpha value is -1.40. The molecule has 0 aliphatic carbocycles. The number of nitrogens with zero attached hydrogens (tertiary/aromatic N) is 1. The van der Waals surface area contributed by atoms with Crippen molar-refractivity contribution >= 4 is 15.7 Å². The molecule has 0 bridgehead atoms. The standard InChI is InChI=1S/C16H24N2O3S/c1-13-4-6-14(7-5-13)10-18(3)11-15(19)17-16(2)8-9-22(20,21)12-16/h4-7H,8-12H2,1-3H3,(H,17,19)/t16-/m0/s1. The van der Waals surface area contributed by atoms with Crippen LogP contribution in [0.4, 0.5) is 0 Å². The number of aryl methyl sites for hydroxylation is 1. The molecule has 1 aliphatic heterocycles. The Morgan fingerprint density at radius 3 is 2.50 bits per heavy atom. The van der Waals surface area contributed by atoms with Gasteiger partial charge in [0.25, 0.3) is 0 Å². The first-order valence-corrected chi connectivity index (χ1v) is 9.25. The number of carbonyl (C=O) groups excluding carboxylic acids is 1. The van der Waals surface area contributed by atoms with E-state index in [0.717, 1.165) is 5.56 Å². The molecular weight excluding hydrogens is 300 g/mol. The number of amides is 1. The van der Waals surface area contributed by atoms with Gasteiger partial charge in [-0.1, -0.05) is 29.8 Å². The highest BCUT2D eigenvalue weighted by atomic mass is 32.2. The van der Waals surface area contributed by atoms with Crippen molar-refractivity contribution in [2.24, 2.45) is 0 Å². The molecule has 1 aromatic carbocycles. The van der Waals surface area contributed by atoms with E-state index in [1.54, 1.807) is 6.92 Å². The van der Waals surface area contributed by atoms with Gasteiger partial charge in [0.05, 0.1) is 23.6 Å². The zero-order valence-electron chi connectivity index (χ0n) is 13.4. The first-order chi connectivity index (χ1) is 10.2. The van der Waals surface area contributed by atoms with Crippen molar-refractivity contribution < 1.29 is 13.2 Å². The van der Waals surface area contributed by atoms with E-state index >= 15 is 0 Å². The van der Waals surface area contributed by atoms with Crippen LogP contribution < -0.4 is 5.32 Å². The Bertz CT molecular complexity index is 640. The highest BCUT2D eigenvalue weighted by Gasteiger charge is 2.39. The molecule has 1 amide bonds. The van der Waals surface area contributed by atoms with Crippen molar-refractivity contribution in [3.05, 3.63) is 35.4 Å². The maximum absolute atomic E-state index is 12.1. The Labute approximate surface area is 132 Å². The average Bonchev–Trinajstić information content (AvgIpc) is 2.65. The monoisotopic (exact) mass is 324 g/mol. The van der Waals surface area contributed by atoms with Crippen molar-refractivity contribution in [1.82, 2.24) is 10.2 Å². The fourth-order valence-corrected chi connectivity index (χ4v) is 4.88. The van der Waals surface area contributed by atoms with E-state index in [1.807, 2.05) is 31.0 Å². The minimum atomic E-state index is -3.01. The molecule has 1 saturated heterocycles. The highest BCUT2D eigenvalue weighted by molar-refractivity contribution is 7.91. The predicted molar refractivity (Wildman–Crippen MR) is 87.3 cm³/mol. The molecule has 1 heterocycles. The van der Waals surface area contributed by atoms with E-state index in [1.165, 1.54) is 5.56 Å². The van der Waals surface area contributed by atoms with E-state index in [2.05, 4.69) is 17.4 Å². The van der Waals surface area contributed by atoms with Gasteiger partial charge in [-0.25, -0.2) is 8.42 Å². The molecule has 0 radical (unpaired) electrons. The van der Waals surface area contributed by atoms with Crippen LogP contribution in [0.25, 0.3) is 0 Å². The zero-order valence-corrected chi connectivity index (χ0v) is 14.2. The second-order valence-electron chi connectivity index (χ2n) is 6.61. The van der Waals surface area contributed by atoms with Gasteiger partial charge in [-0.2, -0.15) is 0 Å². The van der Waals surface area contributed by atoms with Gasteiger partial charge in [0.2, 0.25) is 5.91 Å². The number of benzene rings is 1. The fourth-order valence-electron chi connectivity index (χ4n) is 2.79. The summed E-state index contributed by atoms with van der Waals surface area (Å²) in [4.78, 5) is 14.0. The van der Waals surface area contributed by atoms with Crippen LogP contribution in [0.1, 0.15) is 24.5 Å². The number of nitrogens with one attached hydrogen (secondary N) is 1. The molecule has 0 unspecified atom stereocenters. The lowest BCUT2D eigenvalue weighted by Crippen LogP contribution is -2.49. The topological polar surface area (TPSA) is 66.5 Å². The van der Waals surface area contributed by atoms with E-state index in [0.29, 0.717) is 13.0 Å². The zero-order chi connectivity index (χ0) is 16.4. The molecule has 2 rings (SSSR count). The van der Waals surface area contributed by atoms with Crippen LogP contribution in [0, 0.1) is 6.92 Å². The van der Waals surface area contributed by atoms with Crippen molar-refractivity contribution in [3.8, 4) is 0 Å². The second-order valence-corrected chi connectivity index (χ2v) is 8.79. The van der Waals surface area contributed by atoms with Gasteiger partial charge < -0.3 is 5.32 Å². The molecule has 1 N–H and O–H groups in total. The summed E-state index contributed by atoms with van der Waals surface area (Å²) in [5.74, 6) is 0.0605. The molecule has 0 spiro atoms.